The molecule has 25 heavy (non-hydrogen) atoms. The maximum atomic E-state index is 5.68. The number of anilines is 2. The van der Waals surface area contributed by atoms with E-state index in [2.05, 4.69) is 51.2 Å². The third-order valence-electron chi connectivity index (χ3n) is 5.74. The van der Waals surface area contributed by atoms with Crippen molar-refractivity contribution in [2.24, 2.45) is 5.92 Å². The molecule has 2 fully saturated rings. The summed E-state index contributed by atoms with van der Waals surface area (Å²) in [6.07, 6.45) is 5.59. The molecule has 2 aliphatic rings. The Bertz CT molecular complexity index is 682. The molecule has 1 saturated carbocycles. The van der Waals surface area contributed by atoms with Gasteiger partial charge in [0.1, 0.15) is 5.01 Å². The zero-order valence-electron chi connectivity index (χ0n) is 14.9. The van der Waals surface area contributed by atoms with E-state index in [4.69, 9.17) is 5.73 Å². The molecule has 0 radical (unpaired) electrons. The Labute approximate surface area is 153 Å². The summed E-state index contributed by atoms with van der Waals surface area (Å²) >= 11 is 1.43. The summed E-state index contributed by atoms with van der Waals surface area (Å²) in [7, 11) is 0. The van der Waals surface area contributed by atoms with Crippen molar-refractivity contribution in [1.29, 1.82) is 0 Å². The highest BCUT2D eigenvalue weighted by molar-refractivity contribution is 7.18. The molecule has 5 nitrogen and oxygen atoms in total. The largest absolute Gasteiger partial charge is 0.374 e. The molecule has 1 aliphatic carbocycles. The lowest BCUT2D eigenvalue weighted by Gasteiger charge is -2.42. The molecule has 0 spiro atoms. The molecule has 1 aromatic heterocycles. The van der Waals surface area contributed by atoms with Gasteiger partial charge in [-0.1, -0.05) is 18.3 Å². The van der Waals surface area contributed by atoms with E-state index in [1.807, 2.05) is 0 Å². The molecule has 1 aromatic carbocycles. The zero-order valence-corrected chi connectivity index (χ0v) is 15.7. The standard InChI is InChI=1S/C19H27N5S/c1-14-2-6-16(7-3-14)23-10-12-24(13-11-23)17-8-4-15(5-9-17)18-21-22-19(20)25-18/h4-5,8-9,14,16H,2-3,6-7,10-13H2,1H3,(H2,20,22). The Morgan fingerprint density at radius 2 is 1.64 bits per heavy atom. The van der Waals surface area contributed by atoms with Crippen LogP contribution in [0, 0.1) is 5.92 Å². The Morgan fingerprint density at radius 3 is 2.24 bits per heavy atom. The van der Waals surface area contributed by atoms with Gasteiger partial charge in [0.15, 0.2) is 0 Å². The van der Waals surface area contributed by atoms with Crippen molar-refractivity contribution in [2.45, 2.75) is 38.6 Å². The lowest BCUT2D eigenvalue weighted by molar-refractivity contribution is 0.133. The molecule has 4 rings (SSSR count). The highest BCUT2D eigenvalue weighted by atomic mass is 32.1. The van der Waals surface area contributed by atoms with E-state index in [1.165, 1.54) is 55.8 Å². The van der Waals surface area contributed by atoms with Crippen molar-refractivity contribution in [3.63, 3.8) is 0 Å². The van der Waals surface area contributed by atoms with Gasteiger partial charge in [0.2, 0.25) is 5.13 Å². The van der Waals surface area contributed by atoms with Crippen molar-refractivity contribution >= 4 is 22.2 Å². The topological polar surface area (TPSA) is 58.3 Å². The van der Waals surface area contributed by atoms with E-state index >= 15 is 0 Å². The summed E-state index contributed by atoms with van der Waals surface area (Å²) in [6.45, 7) is 7.02. The SMILES string of the molecule is CC1CCC(N2CCN(c3ccc(-c4nnc(N)s4)cc3)CC2)CC1. The fourth-order valence-corrected chi connectivity index (χ4v) is 4.73. The van der Waals surface area contributed by atoms with Gasteiger partial charge >= 0.3 is 0 Å². The number of nitrogens with zero attached hydrogens (tertiary/aromatic N) is 4. The van der Waals surface area contributed by atoms with Crippen LogP contribution in [-0.4, -0.2) is 47.3 Å². The summed E-state index contributed by atoms with van der Waals surface area (Å²) in [5.74, 6) is 0.930. The van der Waals surface area contributed by atoms with Crippen LogP contribution in [0.5, 0.6) is 0 Å². The van der Waals surface area contributed by atoms with E-state index in [9.17, 15) is 0 Å². The number of nitrogen functional groups attached to an aromatic ring is 1. The first-order valence-corrected chi connectivity index (χ1v) is 10.2. The lowest BCUT2D eigenvalue weighted by Crippen LogP contribution is -2.51. The molecule has 2 N–H and O–H groups in total. The third-order valence-corrected chi connectivity index (χ3v) is 6.54. The van der Waals surface area contributed by atoms with Gasteiger partial charge in [-0.15, -0.1) is 10.2 Å². The van der Waals surface area contributed by atoms with Crippen LogP contribution in [0.2, 0.25) is 0 Å². The van der Waals surface area contributed by atoms with Crippen molar-refractivity contribution < 1.29 is 0 Å². The summed E-state index contributed by atoms with van der Waals surface area (Å²) in [5, 5.41) is 9.42. The molecule has 2 aromatic rings. The number of aromatic nitrogens is 2. The van der Waals surface area contributed by atoms with E-state index in [0.29, 0.717) is 5.13 Å². The van der Waals surface area contributed by atoms with Crippen molar-refractivity contribution in [1.82, 2.24) is 15.1 Å². The van der Waals surface area contributed by atoms with E-state index in [-0.39, 0.29) is 0 Å². The molecule has 0 atom stereocenters. The van der Waals surface area contributed by atoms with Gasteiger partial charge in [-0.05, 0) is 55.9 Å². The van der Waals surface area contributed by atoms with Gasteiger partial charge in [0.05, 0.1) is 0 Å². The first kappa shape index (κ1) is 16.8. The van der Waals surface area contributed by atoms with E-state index in [1.54, 1.807) is 0 Å². The molecule has 1 aliphatic heterocycles. The second-order valence-electron chi connectivity index (χ2n) is 7.43. The number of hydrogen-bond acceptors (Lipinski definition) is 6. The maximum Gasteiger partial charge on any atom is 0.203 e. The molecule has 1 saturated heterocycles. The molecule has 0 bridgehead atoms. The maximum absolute atomic E-state index is 5.68. The summed E-state index contributed by atoms with van der Waals surface area (Å²) < 4.78 is 0. The molecular weight excluding hydrogens is 330 g/mol. The second kappa shape index (κ2) is 7.30. The smallest absolute Gasteiger partial charge is 0.203 e. The highest BCUT2D eigenvalue weighted by Crippen LogP contribution is 2.30. The van der Waals surface area contributed by atoms with Gasteiger partial charge in [0, 0.05) is 43.5 Å². The zero-order chi connectivity index (χ0) is 17.2. The number of nitrogens with two attached hydrogens (primary N) is 1. The minimum absolute atomic E-state index is 0.521. The van der Waals surface area contributed by atoms with Gasteiger partial charge in [-0.2, -0.15) is 0 Å². The van der Waals surface area contributed by atoms with Gasteiger partial charge in [-0.25, -0.2) is 0 Å². The quantitative estimate of drug-likeness (QED) is 0.911. The first-order valence-electron chi connectivity index (χ1n) is 9.37. The van der Waals surface area contributed by atoms with Crippen LogP contribution in [0.3, 0.4) is 0 Å². The summed E-state index contributed by atoms with van der Waals surface area (Å²) in [5.41, 5.74) is 8.07. The van der Waals surface area contributed by atoms with Crippen LogP contribution in [0.1, 0.15) is 32.6 Å². The number of benzene rings is 1. The molecular formula is C19H27N5S. The average Bonchev–Trinajstić information content (AvgIpc) is 3.09. The lowest BCUT2D eigenvalue weighted by atomic mass is 9.86. The summed E-state index contributed by atoms with van der Waals surface area (Å²) in [4.78, 5) is 5.22. The van der Waals surface area contributed by atoms with E-state index in [0.717, 1.165) is 35.6 Å². The minimum Gasteiger partial charge on any atom is -0.374 e. The van der Waals surface area contributed by atoms with Crippen LogP contribution in [-0.2, 0) is 0 Å². The average molecular weight is 358 g/mol. The third kappa shape index (κ3) is 3.80. The van der Waals surface area contributed by atoms with Crippen molar-refractivity contribution in [3.8, 4) is 10.6 Å². The fourth-order valence-electron chi connectivity index (χ4n) is 4.12. The predicted octanol–water partition coefficient (Wildman–Crippen LogP) is 3.49. The number of rotatable bonds is 3. The van der Waals surface area contributed by atoms with Crippen molar-refractivity contribution in [3.05, 3.63) is 24.3 Å². The van der Waals surface area contributed by atoms with E-state index < -0.39 is 0 Å². The first-order chi connectivity index (χ1) is 12.2. The molecule has 2 heterocycles. The Hall–Kier alpha value is -1.66. The van der Waals surface area contributed by atoms with Gasteiger partial charge in [0.25, 0.3) is 0 Å². The van der Waals surface area contributed by atoms with Crippen LogP contribution in [0.4, 0.5) is 10.8 Å². The van der Waals surface area contributed by atoms with Crippen LogP contribution in [0.15, 0.2) is 24.3 Å². The Kier molecular flexibility index (Phi) is 4.90. The molecule has 0 unspecified atom stereocenters. The van der Waals surface area contributed by atoms with Gasteiger partial charge < -0.3 is 10.6 Å². The predicted molar refractivity (Wildman–Crippen MR) is 105 cm³/mol. The normalized spacial score (nSPS) is 25.2. The fraction of sp³-hybridized carbons (Fsp3) is 0.579. The monoisotopic (exact) mass is 357 g/mol. The molecule has 0 amide bonds. The summed E-state index contributed by atoms with van der Waals surface area (Å²) in [6, 6.07) is 9.48. The van der Waals surface area contributed by atoms with Crippen molar-refractivity contribution in [2.75, 3.05) is 36.8 Å². The van der Waals surface area contributed by atoms with Crippen LogP contribution < -0.4 is 10.6 Å². The van der Waals surface area contributed by atoms with Crippen LogP contribution >= 0.6 is 11.3 Å². The molecule has 134 valence electrons. The molecule has 6 heteroatoms. The number of hydrogen-bond donors (Lipinski definition) is 1. The Morgan fingerprint density at radius 1 is 0.960 bits per heavy atom. The number of piperazine rings is 1. The second-order valence-corrected chi connectivity index (χ2v) is 8.44. The van der Waals surface area contributed by atoms with Crippen LogP contribution in [0.25, 0.3) is 10.6 Å². The minimum atomic E-state index is 0.521. The van der Waals surface area contributed by atoms with Gasteiger partial charge in [-0.3, -0.25) is 4.90 Å². The highest BCUT2D eigenvalue weighted by Gasteiger charge is 2.27. The Balaban J connectivity index is 1.34.